The van der Waals surface area contributed by atoms with Gasteiger partial charge in [-0.2, -0.15) is 0 Å². The van der Waals surface area contributed by atoms with Gasteiger partial charge >= 0.3 is 5.97 Å². The predicted octanol–water partition coefficient (Wildman–Crippen LogP) is 4.69. The Balaban J connectivity index is 1.68. The molecule has 6 nitrogen and oxygen atoms in total. The lowest BCUT2D eigenvalue weighted by molar-refractivity contribution is -0.252. The Morgan fingerprint density at radius 1 is 1.09 bits per heavy atom. The topological polar surface area (TPSA) is 93.8 Å². The van der Waals surface area contributed by atoms with Gasteiger partial charge in [-0.3, -0.25) is 14.4 Å². The highest BCUT2D eigenvalue weighted by Crippen LogP contribution is 2.74. The molecule has 0 saturated heterocycles. The van der Waals surface area contributed by atoms with E-state index in [4.69, 9.17) is 9.15 Å². The first kappa shape index (κ1) is 23.8. The Kier molecular flexibility index (Phi) is 5.09. The molecule has 4 aliphatic rings. The Hall–Kier alpha value is -1.95. The number of Topliss-reactive ketones (excluding diaryl/α,β-unsaturated/α-hetero) is 2. The van der Waals surface area contributed by atoms with Crippen LogP contribution in [0.25, 0.3) is 0 Å². The van der Waals surface area contributed by atoms with Crippen LogP contribution in [0.5, 0.6) is 0 Å². The fraction of sp³-hybridized carbons (Fsp3) is 0.750. The summed E-state index contributed by atoms with van der Waals surface area (Å²) in [7, 11) is 0. The fourth-order valence-corrected chi connectivity index (χ4v) is 9.52. The third kappa shape index (κ3) is 2.81. The van der Waals surface area contributed by atoms with Gasteiger partial charge in [-0.1, -0.05) is 34.6 Å². The van der Waals surface area contributed by atoms with Gasteiger partial charge in [0, 0.05) is 47.8 Å². The number of carbonyl (C=O) groups excluding carboxylic acids is 3. The molecule has 1 aromatic heterocycles. The maximum atomic E-state index is 13.9. The van der Waals surface area contributed by atoms with E-state index in [1.54, 1.807) is 12.5 Å². The molecule has 0 aromatic carbocycles. The van der Waals surface area contributed by atoms with E-state index in [0.717, 1.165) is 12.0 Å². The maximum Gasteiger partial charge on any atom is 0.302 e. The molecular weight excluding hydrogens is 432 g/mol. The minimum Gasteiger partial charge on any atom is -0.472 e. The number of furan rings is 1. The van der Waals surface area contributed by atoms with Crippen LogP contribution in [0, 0.1) is 39.4 Å². The number of hydrogen-bond acceptors (Lipinski definition) is 6. The molecule has 186 valence electrons. The Labute approximate surface area is 201 Å². The SMILES string of the molecule is CC(=O)OC1CC2C3(C)CCC(=O)C(C)(C)C3CC(O)C2(C)C2C(=O)CC(c3ccoc3)C12C. The van der Waals surface area contributed by atoms with Gasteiger partial charge in [0.1, 0.15) is 17.7 Å². The second-order valence-electron chi connectivity index (χ2n) is 12.8. The molecule has 6 heteroatoms. The molecule has 0 spiro atoms. The molecule has 1 heterocycles. The van der Waals surface area contributed by atoms with E-state index < -0.39 is 34.4 Å². The third-order valence-corrected chi connectivity index (χ3v) is 11.1. The largest absolute Gasteiger partial charge is 0.472 e. The van der Waals surface area contributed by atoms with Crippen LogP contribution in [0.4, 0.5) is 0 Å². The number of aliphatic hydroxyl groups excluding tert-OH is 1. The first-order valence-electron chi connectivity index (χ1n) is 12.7. The minimum atomic E-state index is -0.713. The number of rotatable bonds is 2. The highest BCUT2D eigenvalue weighted by molar-refractivity contribution is 5.88. The smallest absolute Gasteiger partial charge is 0.302 e. The minimum absolute atomic E-state index is 0.0119. The molecule has 0 radical (unpaired) electrons. The number of hydrogen-bond donors (Lipinski definition) is 1. The van der Waals surface area contributed by atoms with Crippen molar-refractivity contribution in [3.8, 4) is 0 Å². The molecule has 4 aliphatic carbocycles. The molecule has 1 aromatic rings. The van der Waals surface area contributed by atoms with Gasteiger partial charge in [-0.05, 0) is 48.1 Å². The molecule has 34 heavy (non-hydrogen) atoms. The van der Waals surface area contributed by atoms with E-state index in [1.165, 1.54) is 6.92 Å². The first-order chi connectivity index (χ1) is 15.8. The summed E-state index contributed by atoms with van der Waals surface area (Å²) in [6.45, 7) is 11.9. The van der Waals surface area contributed by atoms with Crippen molar-refractivity contribution in [1.82, 2.24) is 0 Å². The molecular formula is C28H38O6. The lowest BCUT2D eigenvalue weighted by atomic mass is 9.35. The zero-order valence-corrected chi connectivity index (χ0v) is 21.2. The van der Waals surface area contributed by atoms with Crippen LogP contribution in [0.1, 0.15) is 85.1 Å². The zero-order chi connectivity index (χ0) is 24.8. The lowest BCUT2D eigenvalue weighted by Gasteiger charge is -2.69. The number of carbonyl (C=O) groups is 3. The quantitative estimate of drug-likeness (QED) is 0.630. The normalized spacial score (nSPS) is 47.5. The second kappa shape index (κ2) is 7.28. The zero-order valence-electron chi connectivity index (χ0n) is 21.2. The molecule has 0 amide bonds. The molecule has 9 unspecified atom stereocenters. The average molecular weight is 471 g/mol. The standard InChI is InChI=1S/C28H38O6/c1-15(29)34-23-13-20-26(4)9-7-21(31)25(2,3)19(26)12-22(32)28(20,6)24-18(30)11-17(27(23,24)5)16-8-10-33-14-16/h8,10,14,17,19-20,22-24,32H,7,9,11-13H2,1-6H3. The molecule has 9 atom stereocenters. The monoisotopic (exact) mass is 470 g/mol. The van der Waals surface area contributed by atoms with Crippen molar-refractivity contribution < 1.29 is 28.6 Å². The van der Waals surface area contributed by atoms with Gasteiger partial charge in [-0.15, -0.1) is 0 Å². The second-order valence-corrected chi connectivity index (χ2v) is 12.8. The molecule has 1 N–H and O–H groups in total. The van der Waals surface area contributed by atoms with E-state index in [-0.39, 0.29) is 40.7 Å². The van der Waals surface area contributed by atoms with Crippen molar-refractivity contribution >= 4 is 17.5 Å². The van der Waals surface area contributed by atoms with Crippen molar-refractivity contribution in [2.24, 2.45) is 39.4 Å². The highest BCUT2D eigenvalue weighted by Gasteiger charge is 2.75. The number of aliphatic hydroxyl groups is 1. The van der Waals surface area contributed by atoms with E-state index in [9.17, 15) is 19.5 Å². The van der Waals surface area contributed by atoms with Crippen LogP contribution < -0.4 is 0 Å². The van der Waals surface area contributed by atoms with Crippen LogP contribution in [0.3, 0.4) is 0 Å². The fourth-order valence-electron chi connectivity index (χ4n) is 9.52. The highest BCUT2D eigenvalue weighted by atomic mass is 16.5. The average Bonchev–Trinajstić information content (AvgIpc) is 3.36. The van der Waals surface area contributed by atoms with E-state index >= 15 is 0 Å². The van der Waals surface area contributed by atoms with Crippen molar-refractivity contribution in [2.75, 3.05) is 0 Å². The van der Waals surface area contributed by atoms with Crippen LogP contribution in [0.15, 0.2) is 23.0 Å². The summed E-state index contributed by atoms with van der Waals surface area (Å²) in [5, 5.41) is 11.8. The lowest BCUT2D eigenvalue weighted by Crippen LogP contribution is -2.70. The Morgan fingerprint density at radius 3 is 2.41 bits per heavy atom. The summed E-state index contributed by atoms with van der Waals surface area (Å²) in [4.78, 5) is 39.1. The van der Waals surface area contributed by atoms with Gasteiger partial charge in [0.2, 0.25) is 0 Å². The summed E-state index contributed by atoms with van der Waals surface area (Å²) in [6.07, 6.45) is 4.82. The number of ether oxygens (including phenoxy) is 1. The van der Waals surface area contributed by atoms with Gasteiger partial charge in [-0.25, -0.2) is 0 Å². The summed E-state index contributed by atoms with van der Waals surface area (Å²) in [6, 6.07) is 1.90. The number of fused-ring (bicyclic) bond motifs is 5. The van der Waals surface area contributed by atoms with Crippen LogP contribution >= 0.6 is 0 Å². The van der Waals surface area contributed by atoms with Crippen LogP contribution in [0.2, 0.25) is 0 Å². The molecule has 4 fully saturated rings. The van der Waals surface area contributed by atoms with Gasteiger partial charge in [0.25, 0.3) is 0 Å². The molecule has 5 rings (SSSR count). The van der Waals surface area contributed by atoms with Crippen molar-refractivity contribution in [2.45, 2.75) is 91.8 Å². The molecule has 0 aliphatic heterocycles. The first-order valence-corrected chi connectivity index (χ1v) is 12.7. The van der Waals surface area contributed by atoms with Gasteiger partial charge < -0.3 is 14.3 Å². The Bertz CT molecular complexity index is 1030. The van der Waals surface area contributed by atoms with E-state index in [2.05, 4.69) is 20.8 Å². The number of ketones is 2. The predicted molar refractivity (Wildman–Crippen MR) is 125 cm³/mol. The molecule has 4 saturated carbocycles. The molecule has 0 bridgehead atoms. The van der Waals surface area contributed by atoms with E-state index in [1.807, 2.05) is 19.9 Å². The van der Waals surface area contributed by atoms with E-state index in [0.29, 0.717) is 25.7 Å². The van der Waals surface area contributed by atoms with Crippen LogP contribution in [-0.4, -0.2) is 34.9 Å². The van der Waals surface area contributed by atoms with Gasteiger partial charge in [0.15, 0.2) is 0 Å². The summed E-state index contributed by atoms with van der Waals surface area (Å²) >= 11 is 0. The number of esters is 1. The Morgan fingerprint density at radius 2 is 1.79 bits per heavy atom. The third-order valence-electron chi connectivity index (χ3n) is 11.1. The van der Waals surface area contributed by atoms with Gasteiger partial charge in [0.05, 0.1) is 18.6 Å². The summed E-state index contributed by atoms with van der Waals surface area (Å²) in [5.74, 6) is -0.598. The summed E-state index contributed by atoms with van der Waals surface area (Å²) in [5.41, 5.74) is -1.15. The summed E-state index contributed by atoms with van der Waals surface area (Å²) < 4.78 is 11.4. The maximum absolute atomic E-state index is 13.9. The van der Waals surface area contributed by atoms with Crippen molar-refractivity contribution in [3.05, 3.63) is 24.2 Å². The van der Waals surface area contributed by atoms with Crippen molar-refractivity contribution in [3.63, 3.8) is 0 Å². The van der Waals surface area contributed by atoms with Crippen LogP contribution in [-0.2, 0) is 19.1 Å². The van der Waals surface area contributed by atoms with Crippen molar-refractivity contribution in [1.29, 1.82) is 0 Å².